The lowest BCUT2D eigenvalue weighted by Crippen LogP contribution is -2.54. The Kier molecular flexibility index (Phi) is 10.2. The van der Waals surface area contributed by atoms with Gasteiger partial charge in [-0.2, -0.15) is 0 Å². The summed E-state index contributed by atoms with van der Waals surface area (Å²) < 4.78 is 0. The fourth-order valence-electron chi connectivity index (χ4n) is 2.81. The lowest BCUT2D eigenvalue weighted by Gasteiger charge is -2.24. The molecule has 0 aliphatic rings. The van der Waals surface area contributed by atoms with E-state index in [1.807, 2.05) is 51.1 Å². The van der Waals surface area contributed by atoms with Gasteiger partial charge < -0.3 is 16.0 Å². The van der Waals surface area contributed by atoms with Crippen LogP contribution in [0.25, 0.3) is 0 Å². The van der Waals surface area contributed by atoms with Gasteiger partial charge in [0.05, 0.1) is 0 Å². The van der Waals surface area contributed by atoms with Crippen LogP contribution >= 0.6 is 0 Å². The van der Waals surface area contributed by atoms with Gasteiger partial charge in [-0.1, -0.05) is 57.5 Å². The molecule has 3 amide bonds. The van der Waals surface area contributed by atoms with Crippen molar-refractivity contribution in [2.45, 2.75) is 65.0 Å². The van der Waals surface area contributed by atoms with E-state index in [0.717, 1.165) is 18.4 Å². The number of hydrogen-bond donors (Lipinski definition) is 3. The van der Waals surface area contributed by atoms with E-state index < -0.39 is 12.1 Å². The Labute approximate surface area is 162 Å². The quantitative estimate of drug-likeness (QED) is 0.554. The van der Waals surface area contributed by atoms with Crippen molar-refractivity contribution >= 4 is 17.7 Å². The van der Waals surface area contributed by atoms with E-state index in [1.165, 1.54) is 0 Å². The summed E-state index contributed by atoms with van der Waals surface area (Å²) in [6, 6.07) is 8.20. The van der Waals surface area contributed by atoms with E-state index in [-0.39, 0.29) is 23.6 Å². The molecule has 150 valence electrons. The average molecular weight is 376 g/mol. The molecular formula is C21H33N3O3. The molecule has 1 aromatic rings. The van der Waals surface area contributed by atoms with Crippen molar-refractivity contribution in [3.8, 4) is 0 Å². The lowest BCUT2D eigenvalue weighted by atomic mass is 10.0. The molecule has 0 spiro atoms. The third-order valence-corrected chi connectivity index (χ3v) is 4.28. The zero-order chi connectivity index (χ0) is 20.2. The molecule has 0 heterocycles. The highest BCUT2D eigenvalue weighted by atomic mass is 16.2. The van der Waals surface area contributed by atoms with Gasteiger partial charge in [0.2, 0.25) is 17.7 Å². The molecule has 0 fully saturated rings. The van der Waals surface area contributed by atoms with Crippen LogP contribution in [0.4, 0.5) is 0 Å². The Morgan fingerprint density at radius 1 is 0.963 bits per heavy atom. The third-order valence-electron chi connectivity index (χ3n) is 4.28. The second-order valence-electron chi connectivity index (χ2n) is 7.22. The van der Waals surface area contributed by atoms with Gasteiger partial charge in [-0.25, -0.2) is 0 Å². The number of carbonyl (C=O) groups is 3. The maximum Gasteiger partial charge on any atom is 0.243 e. The van der Waals surface area contributed by atoms with E-state index in [0.29, 0.717) is 19.3 Å². The number of rotatable bonds is 11. The van der Waals surface area contributed by atoms with Gasteiger partial charge in [0.25, 0.3) is 0 Å². The summed E-state index contributed by atoms with van der Waals surface area (Å²) in [5.41, 5.74) is 0.957. The number of likely N-dealkylation sites (N-methyl/N-ethyl adjacent to an activating group) is 1. The SMILES string of the molecule is CCCCC(=O)N[C@@H](CC(C)C)C(=O)N[C@@H](Cc1ccccc1)C(=O)NC. The Morgan fingerprint density at radius 2 is 1.63 bits per heavy atom. The number of amides is 3. The molecule has 1 rings (SSSR count). The summed E-state index contributed by atoms with van der Waals surface area (Å²) in [7, 11) is 1.55. The molecule has 0 aromatic heterocycles. The maximum absolute atomic E-state index is 12.8. The van der Waals surface area contributed by atoms with Crippen LogP contribution < -0.4 is 16.0 Å². The Morgan fingerprint density at radius 3 is 2.19 bits per heavy atom. The molecule has 3 N–H and O–H groups in total. The Bertz CT molecular complexity index is 602. The second-order valence-corrected chi connectivity index (χ2v) is 7.22. The van der Waals surface area contributed by atoms with Gasteiger partial charge in [0, 0.05) is 19.9 Å². The predicted molar refractivity (Wildman–Crippen MR) is 107 cm³/mol. The largest absolute Gasteiger partial charge is 0.357 e. The maximum atomic E-state index is 12.8. The minimum absolute atomic E-state index is 0.128. The number of carbonyl (C=O) groups excluding carboxylic acids is 3. The van der Waals surface area contributed by atoms with Gasteiger partial charge in [0.1, 0.15) is 12.1 Å². The molecule has 1 aromatic carbocycles. The highest BCUT2D eigenvalue weighted by Crippen LogP contribution is 2.08. The van der Waals surface area contributed by atoms with E-state index in [1.54, 1.807) is 7.05 Å². The van der Waals surface area contributed by atoms with Crippen LogP contribution in [-0.4, -0.2) is 36.9 Å². The molecule has 6 nitrogen and oxygen atoms in total. The van der Waals surface area contributed by atoms with Crippen LogP contribution in [0.2, 0.25) is 0 Å². The second kappa shape index (κ2) is 12.1. The summed E-state index contributed by atoms with van der Waals surface area (Å²) in [5, 5.41) is 8.24. The summed E-state index contributed by atoms with van der Waals surface area (Å²) in [5.74, 6) is -0.470. The fraction of sp³-hybridized carbons (Fsp3) is 0.571. The first-order valence-electron chi connectivity index (χ1n) is 9.72. The van der Waals surface area contributed by atoms with Crippen LogP contribution in [0.1, 0.15) is 52.0 Å². The molecule has 2 atom stereocenters. The van der Waals surface area contributed by atoms with Crippen LogP contribution in [-0.2, 0) is 20.8 Å². The molecule has 0 aliphatic heterocycles. The predicted octanol–water partition coefficient (Wildman–Crippen LogP) is 2.18. The Hall–Kier alpha value is -2.37. The number of hydrogen-bond acceptors (Lipinski definition) is 3. The standard InChI is InChI=1S/C21H33N3O3/c1-5-6-12-19(25)23-17(13-15(2)3)21(27)24-18(20(26)22-4)14-16-10-8-7-9-11-16/h7-11,15,17-18H,5-6,12-14H2,1-4H3,(H,22,26)(H,23,25)(H,24,27)/t17-,18-/m0/s1. The zero-order valence-electron chi connectivity index (χ0n) is 16.9. The van der Waals surface area contributed by atoms with Crippen LogP contribution in [0.3, 0.4) is 0 Å². The van der Waals surface area contributed by atoms with Gasteiger partial charge in [-0.05, 0) is 24.3 Å². The van der Waals surface area contributed by atoms with Gasteiger partial charge >= 0.3 is 0 Å². The van der Waals surface area contributed by atoms with Crippen molar-refractivity contribution in [2.24, 2.45) is 5.92 Å². The molecule has 0 bridgehead atoms. The highest BCUT2D eigenvalue weighted by Gasteiger charge is 2.27. The lowest BCUT2D eigenvalue weighted by molar-refractivity contribution is -0.132. The highest BCUT2D eigenvalue weighted by molar-refractivity contribution is 5.92. The topological polar surface area (TPSA) is 87.3 Å². The van der Waals surface area contributed by atoms with Crippen molar-refractivity contribution < 1.29 is 14.4 Å². The normalized spacial score (nSPS) is 12.9. The van der Waals surface area contributed by atoms with Crippen molar-refractivity contribution in [2.75, 3.05) is 7.05 Å². The molecule has 0 saturated carbocycles. The van der Waals surface area contributed by atoms with Crippen LogP contribution in [0, 0.1) is 5.92 Å². The number of benzene rings is 1. The monoisotopic (exact) mass is 375 g/mol. The summed E-state index contributed by atoms with van der Waals surface area (Å²) in [6.07, 6.45) is 3.03. The molecule has 0 saturated heterocycles. The first kappa shape index (κ1) is 22.7. The van der Waals surface area contributed by atoms with Gasteiger partial charge in [-0.15, -0.1) is 0 Å². The molecular weight excluding hydrogens is 342 g/mol. The summed E-state index contributed by atoms with van der Waals surface area (Å²) >= 11 is 0. The van der Waals surface area contributed by atoms with E-state index in [4.69, 9.17) is 0 Å². The minimum Gasteiger partial charge on any atom is -0.357 e. The summed E-state index contributed by atoms with van der Waals surface area (Å²) in [6.45, 7) is 6.01. The zero-order valence-corrected chi connectivity index (χ0v) is 16.9. The van der Waals surface area contributed by atoms with E-state index >= 15 is 0 Å². The third kappa shape index (κ3) is 8.71. The molecule has 0 radical (unpaired) electrons. The first-order valence-corrected chi connectivity index (χ1v) is 9.72. The average Bonchev–Trinajstić information content (AvgIpc) is 2.65. The molecule has 6 heteroatoms. The van der Waals surface area contributed by atoms with Crippen molar-refractivity contribution in [1.29, 1.82) is 0 Å². The number of nitrogens with one attached hydrogen (secondary N) is 3. The van der Waals surface area contributed by atoms with E-state index in [2.05, 4.69) is 16.0 Å². The number of unbranched alkanes of at least 4 members (excludes halogenated alkanes) is 1. The van der Waals surface area contributed by atoms with Crippen molar-refractivity contribution in [3.05, 3.63) is 35.9 Å². The Balaban J connectivity index is 2.83. The minimum atomic E-state index is -0.688. The molecule has 27 heavy (non-hydrogen) atoms. The smallest absolute Gasteiger partial charge is 0.243 e. The summed E-state index contributed by atoms with van der Waals surface area (Å²) in [4.78, 5) is 37.1. The molecule has 0 aliphatic carbocycles. The first-order chi connectivity index (χ1) is 12.9. The van der Waals surface area contributed by atoms with Crippen LogP contribution in [0.15, 0.2) is 30.3 Å². The van der Waals surface area contributed by atoms with Crippen molar-refractivity contribution in [3.63, 3.8) is 0 Å². The van der Waals surface area contributed by atoms with Gasteiger partial charge in [0.15, 0.2) is 0 Å². The van der Waals surface area contributed by atoms with E-state index in [9.17, 15) is 14.4 Å². The fourth-order valence-corrected chi connectivity index (χ4v) is 2.81. The molecule has 0 unspecified atom stereocenters. The van der Waals surface area contributed by atoms with Gasteiger partial charge in [-0.3, -0.25) is 14.4 Å². The van der Waals surface area contributed by atoms with Crippen molar-refractivity contribution in [1.82, 2.24) is 16.0 Å². The van der Waals surface area contributed by atoms with Crippen LogP contribution in [0.5, 0.6) is 0 Å².